The van der Waals surface area contributed by atoms with Crippen molar-refractivity contribution in [2.75, 3.05) is 6.61 Å². The van der Waals surface area contributed by atoms with E-state index >= 15 is 0 Å². The van der Waals surface area contributed by atoms with E-state index < -0.39 is 0 Å². The molecule has 1 heterocycles. The summed E-state index contributed by atoms with van der Waals surface area (Å²) in [6.07, 6.45) is 6.06. The molecule has 0 bridgehead atoms. The molecule has 0 amide bonds. The molecule has 0 aliphatic rings. The summed E-state index contributed by atoms with van der Waals surface area (Å²) in [5, 5.41) is 0. The quantitative estimate of drug-likeness (QED) is 0.598. The molecule has 0 aliphatic carbocycles. The first-order chi connectivity index (χ1) is 11.4. The third kappa shape index (κ3) is 4.97. The largest absolute Gasteiger partial charge is 0.489 e. The third-order valence-electron chi connectivity index (χ3n) is 3.46. The van der Waals surface area contributed by atoms with Crippen molar-refractivity contribution in [3.63, 3.8) is 0 Å². The van der Waals surface area contributed by atoms with Gasteiger partial charge >= 0.3 is 0 Å². The van der Waals surface area contributed by atoms with E-state index in [1.807, 2.05) is 71.8 Å². The Bertz CT molecular complexity index is 636. The first kappa shape index (κ1) is 15.3. The van der Waals surface area contributed by atoms with E-state index in [-0.39, 0.29) is 0 Å². The molecule has 3 aromatic rings. The van der Waals surface area contributed by atoms with Crippen LogP contribution in [0.3, 0.4) is 0 Å². The van der Waals surface area contributed by atoms with E-state index in [4.69, 9.17) is 9.47 Å². The molecule has 0 spiro atoms. The SMILES string of the molecule is c1ccc(COC[n+]2ccn(CCOc3ccccc3)c2)cc1. The van der Waals surface area contributed by atoms with Gasteiger partial charge in [0, 0.05) is 0 Å². The van der Waals surface area contributed by atoms with E-state index in [2.05, 4.69) is 16.7 Å². The van der Waals surface area contributed by atoms with Gasteiger partial charge in [0.05, 0.1) is 6.61 Å². The van der Waals surface area contributed by atoms with Crippen LogP contribution < -0.4 is 9.30 Å². The van der Waals surface area contributed by atoms with Crippen molar-refractivity contribution in [3.8, 4) is 5.75 Å². The Kier molecular flexibility index (Phi) is 5.43. The topological polar surface area (TPSA) is 27.3 Å². The van der Waals surface area contributed by atoms with Gasteiger partial charge < -0.3 is 9.47 Å². The molecule has 118 valence electrons. The lowest BCUT2D eigenvalue weighted by atomic mass is 10.2. The van der Waals surface area contributed by atoms with Crippen molar-refractivity contribution in [3.05, 3.63) is 84.9 Å². The molecule has 0 saturated heterocycles. The second-order valence-corrected chi connectivity index (χ2v) is 5.29. The molecule has 3 rings (SSSR count). The van der Waals surface area contributed by atoms with Crippen LogP contribution in [0.15, 0.2) is 79.4 Å². The van der Waals surface area contributed by atoms with Crippen LogP contribution >= 0.6 is 0 Å². The van der Waals surface area contributed by atoms with Crippen molar-refractivity contribution in [1.82, 2.24) is 4.57 Å². The lowest BCUT2D eigenvalue weighted by molar-refractivity contribution is -0.733. The number of hydrogen-bond donors (Lipinski definition) is 0. The maximum absolute atomic E-state index is 5.71. The van der Waals surface area contributed by atoms with E-state index in [0.29, 0.717) is 19.9 Å². The number of ether oxygens (including phenoxy) is 2. The molecule has 4 heteroatoms. The molecule has 0 saturated carbocycles. The van der Waals surface area contributed by atoms with Crippen LogP contribution in [0.1, 0.15) is 5.56 Å². The zero-order valence-corrected chi connectivity index (χ0v) is 13.0. The molecule has 4 nitrogen and oxygen atoms in total. The number of aromatic nitrogens is 2. The minimum absolute atomic E-state index is 0.543. The van der Waals surface area contributed by atoms with Crippen LogP contribution in [0.25, 0.3) is 0 Å². The highest BCUT2D eigenvalue weighted by atomic mass is 16.5. The third-order valence-corrected chi connectivity index (χ3v) is 3.46. The summed E-state index contributed by atoms with van der Waals surface area (Å²) in [6.45, 7) is 2.61. The van der Waals surface area contributed by atoms with Crippen molar-refractivity contribution in [2.24, 2.45) is 0 Å². The molecule has 0 radical (unpaired) electrons. The lowest BCUT2D eigenvalue weighted by Gasteiger charge is -2.03. The van der Waals surface area contributed by atoms with Crippen molar-refractivity contribution in [2.45, 2.75) is 19.9 Å². The summed E-state index contributed by atoms with van der Waals surface area (Å²) in [6, 6.07) is 20.1. The molecule has 0 aliphatic heterocycles. The van der Waals surface area contributed by atoms with Crippen molar-refractivity contribution < 1.29 is 14.0 Å². The second-order valence-electron chi connectivity index (χ2n) is 5.29. The first-order valence-electron chi connectivity index (χ1n) is 7.74. The summed E-state index contributed by atoms with van der Waals surface area (Å²) in [7, 11) is 0. The van der Waals surface area contributed by atoms with Crippen molar-refractivity contribution in [1.29, 1.82) is 0 Å². The van der Waals surface area contributed by atoms with Crippen LogP contribution in [-0.4, -0.2) is 11.2 Å². The summed E-state index contributed by atoms with van der Waals surface area (Å²) in [5.74, 6) is 0.902. The molecule has 0 atom stereocenters. The second kappa shape index (κ2) is 8.15. The Morgan fingerprint density at radius 3 is 2.43 bits per heavy atom. The zero-order chi connectivity index (χ0) is 15.7. The van der Waals surface area contributed by atoms with Gasteiger partial charge in [-0.05, 0) is 17.7 Å². The Labute approximate surface area is 136 Å². The number of para-hydroxylation sites is 1. The number of nitrogens with zero attached hydrogens (tertiary/aromatic N) is 2. The van der Waals surface area contributed by atoms with Crippen LogP contribution in [0, 0.1) is 0 Å². The van der Waals surface area contributed by atoms with E-state index in [9.17, 15) is 0 Å². The van der Waals surface area contributed by atoms with Gasteiger partial charge in [-0.1, -0.05) is 48.5 Å². The maximum Gasteiger partial charge on any atom is 0.245 e. The van der Waals surface area contributed by atoms with E-state index in [1.165, 1.54) is 5.56 Å². The van der Waals surface area contributed by atoms with Crippen LogP contribution in [0.2, 0.25) is 0 Å². The minimum Gasteiger partial charge on any atom is -0.489 e. The molecular weight excluding hydrogens is 288 g/mol. The Hall–Kier alpha value is -2.59. The average Bonchev–Trinajstić information content (AvgIpc) is 3.05. The Morgan fingerprint density at radius 1 is 0.913 bits per heavy atom. The highest BCUT2D eigenvalue weighted by molar-refractivity contribution is 5.20. The smallest absolute Gasteiger partial charge is 0.245 e. The predicted octanol–water partition coefficient (Wildman–Crippen LogP) is 3.03. The van der Waals surface area contributed by atoms with Gasteiger partial charge in [-0.25, -0.2) is 9.13 Å². The lowest BCUT2D eigenvalue weighted by Crippen LogP contribution is -2.32. The standard InChI is InChI=1S/C19H21N2O2/c1-3-7-18(8-4-1)15-22-17-21-12-11-20(16-21)13-14-23-19-9-5-2-6-10-19/h1-12,16H,13-15,17H2/q+1. The number of imidazole rings is 1. The number of benzene rings is 2. The van der Waals surface area contributed by atoms with Gasteiger partial charge in [0.15, 0.2) is 6.73 Å². The van der Waals surface area contributed by atoms with Gasteiger partial charge in [-0.15, -0.1) is 0 Å². The predicted molar refractivity (Wildman–Crippen MR) is 87.8 cm³/mol. The fourth-order valence-corrected chi connectivity index (χ4v) is 2.28. The van der Waals surface area contributed by atoms with Crippen LogP contribution in [0.5, 0.6) is 5.75 Å². The zero-order valence-electron chi connectivity index (χ0n) is 13.0. The Morgan fingerprint density at radius 2 is 1.65 bits per heavy atom. The maximum atomic E-state index is 5.71. The van der Waals surface area contributed by atoms with Crippen LogP contribution in [0.4, 0.5) is 0 Å². The van der Waals surface area contributed by atoms with Gasteiger partial charge in [-0.2, -0.15) is 0 Å². The molecule has 0 fully saturated rings. The van der Waals surface area contributed by atoms with Gasteiger partial charge in [-0.3, -0.25) is 0 Å². The fraction of sp³-hybridized carbons (Fsp3) is 0.211. The summed E-state index contributed by atoms with van der Waals surface area (Å²) in [4.78, 5) is 0. The van der Waals surface area contributed by atoms with E-state index in [1.54, 1.807) is 0 Å². The Balaban J connectivity index is 1.39. The molecule has 1 aromatic heterocycles. The minimum atomic E-state index is 0.543. The van der Waals surface area contributed by atoms with Gasteiger partial charge in [0.25, 0.3) is 0 Å². The highest BCUT2D eigenvalue weighted by Gasteiger charge is 2.04. The monoisotopic (exact) mass is 309 g/mol. The fourth-order valence-electron chi connectivity index (χ4n) is 2.28. The number of rotatable bonds is 8. The summed E-state index contributed by atoms with van der Waals surface area (Å²) >= 11 is 0. The van der Waals surface area contributed by atoms with Gasteiger partial charge in [0.2, 0.25) is 6.33 Å². The molecule has 0 unspecified atom stereocenters. The van der Waals surface area contributed by atoms with Crippen molar-refractivity contribution >= 4 is 0 Å². The molecular formula is C19H21N2O2+. The normalized spacial score (nSPS) is 10.6. The summed E-state index contributed by atoms with van der Waals surface area (Å²) in [5.41, 5.74) is 1.18. The molecule has 23 heavy (non-hydrogen) atoms. The van der Waals surface area contributed by atoms with Crippen LogP contribution in [-0.2, 0) is 24.6 Å². The molecule has 0 N–H and O–H groups in total. The molecule has 2 aromatic carbocycles. The first-order valence-corrected chi connectivity index (χ1v) is 7.74. The highest BCUT2D eigenvalue weighted by Crippen LogP contribution is 2.07. The average molecular weight is 309 g/mol. The van der Waals surface area contributed by atoms with E-state index in [0.717, 1.165) is 12.3 Å². The number of hydrogen-bond acceptors (Lipinski definition) is 2. The summed E-state index contributed by atoms with van der Waals surface area (Å²) < 4.78 is 15.5. The van der Waals surface area contributed by atoms with Gasteiger partial charge in [0.1, 0.15) is 31.3 Å².